The van der Waals surface area contributed by atoms with Crippen molar-refractivity contribution in [2.75, 3.05) is 13.2 Å². The molecule has 3 nitrogen and oxygen atoms in total. The van der Waals surface area contributed by atoms with Crippen molar-refractivity contribution in [3.63, 3.8) is 0 Å². The minimum atomic E-state index is -3.28. The molecule has 2 heterocycles. The molecule has 0 fully saturated rings. The molecule has 0 saturated heterocycles. The van der Waals surface area contributed by atoms with E-state index in [4.69, 9.17) is 5.11 Å². The lowest BCUT2D eigenvalue weighted by Crippen LogP contribution is -2.49. The van der Waals surface area contributed by atoms with Crippen LogP contribution in [0.2, 0.25) is 0 Å². The number of aromatic nitrogens is 1. The Morgan fingerprint density at radius 3 is 2.71 bits per heavy atom. The van der Waals surface area contributed by atoms with E-state index in [1.54, 1.807) is 17.0 Å². The summed E-state index contributed by atoms with van der Waals surface area (Å²) in [5, 5.41) is 10.1. The van der Waals surface area contributed by atoms with Crippen molar-refractivity contribution in [1.29, 1.82) is 0 Å². The number of hydrogen-bond donors (Lipinski definition) is 2. The first-order valence-electron chi connectivity index (χ1n) is 9.09. The van der Waals surface area contributed by atoms with Gasteiger partial charge in [-0.1, -0.05) is 40.2 Å². The first-order valence-corrected chi connectivity index (χ1v) is 9.89. The molecule has 2 aromatic carbocycles. The molecule has 0 radical (unpaired) electrons. The van der Waals surface area contributed by atoms with E-state index in [9.17, 15) is 13.2 Å². The number of hydrogen-bond acceptors (Lipinski definition) is 2. The molecule has 2 atom stereocenters. The maximum absolute atomic E-state index is 14.9. The van der Waals surface area contributed by atoms with Gasteiger partial charge in [0.2, 0.25) is 0 Å². The van der Waals surface area contributed by atoms with E-state index >= 15 is 0 Å². The zero-order valence-electron chi connectivity index (χ0n) is 15.2. The van der Waals surface area contributed by atoms with Crippen LogP contribution in [0.5, 0.6) is 0 Å². The zero-order chi connectivity index (χ0) is 20.1. The van der Waals surface area contributed by atoms with Gasteiger partial charge in [-0.15, -0.1) is 0 Å². The number of H-pyrrole nitrogens is 1. The predicted octanol–water partition coefficient (Wildman–Crippen LogP) is 5.03. The molecule has 1 aliphatic heterocycles. The summed E-state index contributed by atoms with van der Waals surface area (Å²) < 4.78 is 43.8. The molecule has 0 aliphatic carbocycles. The van der Waals surface area contributed by atoms with Crippen LogP contribution in [0.1, 0.15) is 29.8 Å². The van der Waals surface area contributed by atoms with Crippen molar-refractivity contribution in [3.8, 4) is 0 Å². The van der Waals surface area contributed by atoms with Gasteiger partial charge >= 0.3 is 0 Å². The number of halogens is 4. The van der Waals surface area contributed by atoms with Crippen molar-refractivity contribution >= 4 is 26.8 Å². The summed E-state index contributed by atoms with van der Waals surface area (Å²) in [6.45, 7) is -0.0348. The molecule has 1 aromatic heterocycles. The second-order valence-corrected chi connectivity index (χ2v) is 8.29. The average molecular weight is 453 g/mol. The van der Waals surface area contributed by atoms with Gasteiger partial charge in [0.15, 0.2) is 0 Å². The first kappa shape index (κ1) is 19.5. The SMILES string of the molecule is CC1Cc2c([nH]c3ccccc23)C(c2ccc(Br)cc2F)N1CC(F)(F)CO. The smallest absolute Gasteiger partial charge is 0.283 e. The Balaban J connectivity index is 1.92. The van der Waals surface area contributed by atoms with Crippen LogP contribution >= 0.6 is 15.9 Å². The number of fused-ring (bicyclic) bond motifs is 3. The number of aliphatic hydroxyl groups is 1. The standard InChI is InChI=1S/C21H20BrF3N2O/c1-12-8-16-14-4-2-3-5-18(14)26-19(16)20(27(12)10-21(24,25)11-28)15-7-6-13(22)9-17(15)23/h2-7,9,12,20,26,28H,8,10-11H2,1H3. The number of alkyl halides is 2. The van der Waals surface area contributed by atoms with Gasteiger partial charge < -0.3 is 10.1 Å². The van der Waals surface area contributed by atoms with Crippen molar-refractivity contribution < 1.29 is 18.3 Å². The molecule has 2 unspecified atom stereocenters. The Bertz CT molecular complexity index is 1020. The van der Waals surface area contributed by atoms with Crippen LogP contribution in [0.15, 0.2) is 46.9 Å². The van der Waals surface area contributed by atoms with Crippen molar-refractivity contribution in [3.05, 3.63) is 69.6 Å². The third-order valence-electron chi connectivity index (χ3n) is 5.42. The topological polar surface area (TPSA) is 39.3 Å². The van der Waals surface area contributed by atoms with Gasteiger partial charge in [-0.3, -0.25) is 4.90 Å². The highest BCUT2D eigenvalue weighted by molar-refractivity contribution is 9.10. The van der Waals surface area contributed by atoms with Crippen LogP contribution in [0.3, 0.4) is 0 Å². The highest BCUT2D eigenvalue weighted by Crippen LogP contribution is 2.42. The lowest BCUT2D eigenvalue weighted by atomic mass is 9.88. The number of benzene rings is 2. The van der Waals surface area contributed by atoms with Gasteiger partial charge in [0, 0.05) is 32.7 Å². The van der Waals surface area contributed by atoms with E-state index in [0.29, 0.717) is 16.5 Å². The lowest BCUT2D eigenvalue weighted by Gasteiger charge is -2.42. The molecule has 0 spiro atoms. The summed E-state index contributed by atoms with van der Waals surface area (Å²) in [6, 6.07) is 11.5. The van der Waals surface area contributed by atoms with E-state index in [1.165, 1.54) is 6.07 Å². The third-order valence-corrected chi connectivity index (χ3v) is 5.91. The second kappa shape index (κ2) is 7.21. The lowest BCUT2D eigenvalue weighted by molar-refractivity contribution is -0.0866. The fourth-order valence-electron chi connectivity index (χ4n) is 4.13. The van der Waals surface area contributed by atoms with Gasteiger partial charge in [-0.2, -0.15) is 0 Å². The van der Waals surface area contributed by atoms with E-state index in [1.807, 2.05) is 31.2 Å². The number of rotatable bonds is 4. The number of aliphatic hydroxyl groups excluding tert-OH is 1. The fourth-order valence-corrected chi connectivity index (χ4v) is 4.46. The normalized spacial score (nSPS) is 20.5. The molecule has 1 aliphatic rings. The molecule has 3 aromatic rings. The summed E-state index contributed by atoms with van der Waals surface area (Å²) in [5.74, 6) is -3.74. The van der Waals surface area contributed by atoms with Gasteiger partial charge in [0.05, 0.1) is 12.6 Å². The Morgan fingerprint density at radius 2 is 2.00 bits per heavy atom. The highest BCUT2D eigenvalue weighted by atomic mass is 79.9. The molecule has 148 valence electrons. The van der Waals surface area contributed by atoms with Crippen LogP contribution < -0.4 is 0 Å². The van der Waals surface area contributed by atoms with Crippen LogP contribution in [0.4, 0.5) is 13.2 Å². The number of nitrogens with zero attached hydrogens (tertiary/aromatic N) is 1. The van der Waals surface area contributed by atoms with E-state index in [0.717, 1.165) is 22.2 Å². The zero-order valence-corrected chi connectivity index (χ0v) is 16.8. The monoisotopic (exact) mass is 452 g/mol. The third kappa shape index (κ3) is 3.36. The Kier molecular flexibility index (Phi) is 5.02. The Hall–Kier alpha value is -1.83. The highest BCUT2D eigenvalue weighted by Gasteiger charge is 2.42. The van der Waals surface area contributed by atoms with Crippen molar-refractivity contribution in [1.82, 2.24) is 9.88 Å². The van der Waals surface area contributed by atoms with E-state index in [2.05, 4.69) is 20.9 Å². The van der Waals surface area contributed by atoms with Crippen LogP contribution in [0.25, 0.3) is 10.9 Å². The molecule has 4 rings (SSSR count). The molecule has 28 heavy (non-hydrogen) atoms. The molecule has 7 heteroatoms. The van der Waals surface area contributed by atoms with Crippen molar-refractivity contribution in [2.24, 2.45) is 0 Å². The Labute approximate surface area is 169 Å². The molecule has 2 N–H and O–H groups in total. The summed E-state index contributed by atoms with van der Waals surface area (Å²) in [7, 11) is 0. The minimum absolute atomic E-state index is 0.253. The van der Waals surface area contributed by atoms with Gasteiger partial charge in [-0.25, -0.2) is 13.2 Å². The summed E-state index contributed by atoms with van der Waals surface area (Å²) in [4.78, 5) is 4.92. The van der Waals surface area contributed by atoms with Gasteiger partial charge in [0.25, 0.3) is 5.92 Å². The molecule has 0 bridgehead atoms. The van der Waals surface area contributed by atoms with E-state index < -0.39 is 30.9 Å². The van der Waals surface area contributed by atoms with Crippen LogP contribution in [0, 0.1) is 5.82 Å². The minimum Gasteiger partial charge on any atom is -0.390 e. The van der Waals surface area contributed by atoms with Gasteiger partial charge in [-0.05, 0) is 37.1 Å². The Morgan fingerprint density at radius 1 is 1.25 bits per heavy atom. The summed E-state index contributed by atoms with van der Waals surface area (Å²) in [5.41, 5.74) is 2.99. The largest absolute Gasteiger partial charge is 0.390 e. The van der Waals surface area contributed by atoms with Crippen LogP contribution in [-0.2, 0) is 6.42 Å². The number of aromatic amines is 1. The quantitative estimate of drug-likeness (QED) is 0.582. The first-order chi connectivity index (χ1) is 13.3. The molecular weight excluding hydrogens is 433 g/mol. The van der Waals surface area contributed by atoms with E-state index in [-0.39, 0.29) is 6.04 Å². The average Bonchev–Trinajstić information content (AvgIpc) is 3.01. The molecular formula is C21H20BrF3N2O. The summed E-state index contributed by atoms with van der Waals surface area (Å²) in [6.07, 6.45) is 0.565. The maximum atomic E-state index is 14.9. The number of nitrogens with one attached hydrogen (secondary N) is 1. The fraction of sp³-hybridized carbons (Fsp3) is 0.333. The number of para-hydroxylation sites is 1. The predicted molar refractivity (Wildman–Crippen MR) is 106 cm³/mol. The maximum Gasteiger partial charge on any atom is 0.283 e. The van der Waals surface area contributed by atoms with Crippen molar-refractivity contribution in [2.45, 2.75) is 31.4 Å². The van der Waals surface area contributed by atoms with Crippen LogP contribution in [-0.4, -0.2) is 40.1 Å². The second-order valence-electron chi connectivity index (χ2n) is 7.37. The molecule has 0 amide bonds. The summed E-state index contributed by atoms with van der Waals surface area (Å²) >= 11 is 3.25. The van der Waals surface area contributed by atoms with Gasteiger partial charge in [0.1, 0.15) is 12.4 Å². The molecule has 0 saturated carbocycles.